The lowest BCUT2D eigenvalue weighted by Gasteiger charge is -2.39. The van der Waals surface area contributed by atoms with E-state index in [1.54, 1.807) is 0 Å². The van der Waals surface area contributed by atoms with E-state index < -0.39 is 0 Å². The van der Waals surface area contributed by atoms with E-state index in [0.717, 1.165) is 51.0 Å². The SMILES string of the molecule is CCCCCC=CCC=CCCCCCCCCC(CCCCCCCCC=CCC=CCCCCC)N1CCN(c2ncccn2)CC1. The Labute approximate surface area is 305 Å². The van der Waals surface area contributed by atoms with Crippen molar-refractivity contribution in [3.63, 3.8) is 0 Å². The first kappa shape index (κ1) is 43.0. The topological polar surface area (TPSA) is 32.3 Å². The van der Waals surface area contributed by atoms with Crippen molar-refractivity contribution in [2.24, 2.45) is 0 Å². The molecule has 1 fully saturated rings. The lowest BCUT2D eigenvalue weighted by molar-refractivity contribution is 0.160. The minimum absolute atomic E-state index is 0.746. The predicted molar refractivity (Wildman–Crippen MR) is 218 cm³/mol. The van der Waals surface area contributed by atoms with Gasteiger partial charge in [-0.3, -0.25) is 4.90 Å². The number of unbranched alkanes of at least 4 members (excludes halogenated alkanes) is 18. The van der Waals surface area contributed by atoms with Gasteiger partial charge in [0.15, 0.2) is 0 Å². The van der Waals surface area contributed by atoms with Crippen LogP contribution in [0.4, 0.5) is 5.95 Å². The van der Waals surface area contributed by atoms with E-state index in [2.05, 4.69) is 82.2 Å². The summed E-state index contributed by atoms with van der Waals surface area (Å²) in [5, 5.41) is 0. The van der Waals surface area contributed by atoms with Crippen LogP contribution in [-0.2, 0) is 0 Å². The second kappa shape index (κ2) is 33.0. The first-order valence-corrected chi connectivity index (χ1v) is 21.2. The molecule has 0 radical (unpaired) electrons. The Balaban J connectivity index is 1.57. The van der Waals surface area contributed by atoms with Gasteiger partial charge in [-0.05, 0) is 83.1 Å². The fraction of sp³-hybridized carbons (Fsp3) is 0.733. The van der Waals surface area contributed by atoms with Crippen LogP contribution < -0.4 is 4.90 Å². The predicted octanol–water partition coefficient (Wildman–Crippen LogP) is 13.4. The molecule has 0 unspecified atom stereocenters. The summed E-state index contributed by atoms with van der Waals surface area (Å²) in [4.78, 5) is 14.2. The summed E-state index contributed by atoms with van der Waals surface area (Å²) < 4.78 is 0. The molecule has 1 aromatic heterocycles. The Morgan fingerprint density at radius 3 is 1.31 bits per heavy atom. The highest BCUT2D eigenvalue weighted by Crippen LogP contribution is 2.22. The Hall–Kier alpha value is -2.20. The summed E-state index contributed by atoms with van der Waals surface area (Å²) in [7, 11) is 0. The third kappa shape index (κ3) is 24.6. The van der Waals surface area contributed by atoms with Crippen molar-refractivity contribution in [3.05, 3.63) is 67.1 Å². The minimum Gasteiger partial charge on any atom is -0.338 e. The van der Waals surface area contributed by atoms with Crippen molar-refractivity contribution >= 4 is 5.95 Å². The average Bonchev–Trinajstić information content (AvgIpc) is 3.14. The molecule has 0 N–H and O–H groups in total. The largest absolute Gasteiger partial charge is 0.338 e. The number of anilines is 1. The molecule has 0 amide bonds. The first-order valence-electron chi connectivity index (χ1n) is 21.2. The average molecular weight is 675 g/mol. The third-order valence-corrected chi connectivity index (χ3v) is 10.1. The summed E-state index contributed by atoms with van der Waals surface area (Å²) in [6.45, 7) is 8.94. The van der Waals surface area contributed by atoms with Crippen LogP contribution in [0.3, 0.4) is 0 Å². The summed E-state index contributed by atoms with van der Waals surface area (Å²) in [5.74, 6) is 0.897. The van der Waals surface area contributed by atoms with Gasteiger partial charge < -0.3 is 4.90 Å². The van der Waals surface area contributed by atoms with Crippen LogP contribution in [0.1, 0.15) is 181 Å². The molecule has 2 heterocycles. The van der Waals surface area contributed by atoms with Gasteiger partial charge in [0.2, 0.25) is 5.95 Å². The maximum Gasteiger partial charge on any atom is 0.225 e. The lowest BCUT2D eigenvalue weighted by Crippen LogP contribution is -2.50. The molecule has 0 saturated carbocycles. The van der Waals surface area contributed by atoms with Gasteiger partial charge in [0, 0.05) is 44.6 Å². The van der Waals surface area contributed by atoms with Crippen LogP contribution in [0.2, 0.25) is 0 Å². The third-order valence-electron chi connectivity index (χ3n) is 10.1. The van der Waals surface area contributed by atoms with Crippen molar-refractivity contribution in [3.8, 4) is 0 Å². The molecule has 0 aliphatic carbocycles. The number of aromatic nitrogens is 2. The molecular weight excluding hydrogens is 597 g/mol. The quantitative estimate of drug-likeness (QED) is 0.0562. The lowest BCUT2D eigenvalue weighted by atomic mass is 9.98. The number of nitrogens with zero attached hydrogens (tertiary/aromatic N) is 4. The van der Waals surface area contributed by atoms with Crippen LogP contribution in [0.5, 0.6) is 0 Å². The molecule has 1 saturated heterocycles. The Bertz CT molecular complexity index is 896. The molecule has 1 aromatic rings. The molecule has 0 bridgehead atoms. The number of hydrogen-bond acceptors (Lipinski definition) is 4. The first-order chi connectivity index (χ1) is 24.3. The Morgan fingerprint density at radius 2 is 0.878 bits per heavy atom. The van der Waals surface area contributed by atoms with Crippen molar-refractivity contribution in [1.82, 2.24) is 14.9 Å². The van der Waals surface area contributed by atoms with Gasteiger partial charge >= 0.3 is 0 Å². The highest BCUT2D eigenvalue weighted by atomic mass is 15.3. The number of rotatable bonds is 32. The summed E-state index contributed by atoms with van der Waals surface area (Å²) in [6, 6.07) is 2.66. The van der Waals surface area contributed by atoms with E-state index >= 15 is 0 Å². The number of allylic oxidation sites excluding steroid dienone is 8. The molecule has 2 rings (SSSR count). The molecule has 0 spiro atoms. The standard InChI is InChI=1S/C45H78N4/c1-3-5-7-9-11-13-15-17-19-21-23-25-27-29-31-33-36-44(48-40-42-49(43-41-48)45-46-38-35-39-47-45)37-34-32-30-28-26-24-22-20-18-16-14-12-10-8-6-4-2/h11-14,17-20,35,38-39,44H,3-10,15-16,21-34,36-37,40-43H2,1-2H3. The van der Waals surface area contributed by atoms with Crippen molar-refractivity contribution in [2.45, 2.75) is 187 Å². The van der Waals surface area contributed by atoms with Gasteiger partial charge in [0.05, 0.1) is 0 Å². The normalized spacial score (nSPS) is 15.2. The Kier molecular flexibility index (Phi) is 28.9. The molecule has 49 heavy (non-hydrogen) atoms. The van der Waals surface area contributed by atoms with Crippen LogP contribution in [0, 0.1) is 0 Å². The monoisotopic (exact) mass is 675 g/mol. The minimum atomic E-state index is 0.746. The molecule has 4 nitrogen and oxygen atoms in total. The van der Waals surface area contributed by atoms with Gasteiger partial charge in [-0.1, -0.05) is 152 Å². The van der Waals surface area contributed by atoms with E-state index in [-0.39, 0.29) is 0 Å². The zero-order chi connectivity index (χ0) is 34.7. The van der Waals surface area contributed by atoms with E-state index in [0.29, 0.717) is 0 Å². The molecule has 1 aliphatic rings. The highest BCUT2D eigenvalue weighted by molar-refractivity contribution is 5.29. The van der Waals surface area contributed by atoms with Gasteiger partial charge in [0.1, 0.15) is 0 Å². The van der Waals surface area contributed by atoms with Crippen LogP contribution in [0.25, 0.3) is 0 Å². The van der Waals surface area contributed by atoms with Crippen LogP contribution in [-0.4, -0.2) is 47.1 Å². The van der Waals surface area contributed by atoms with E-state index in [9.17, 15) is 0 Å². The van der Waals surface area contributed by atoms with Gasteiger partial charge in [0.25, 0.3) is 0 Å². The van der Waals surface area contributed by atoms with Crippen molar-refractivity contribution in [2.75, 3.05) is 31.1 Å². The molecule has 1 aliphatic heterocycles. The fourth-order valence-electron chi connectivity index (χ4n) is 6.99. The van der Waals surface area contributed by atoms with Crippen LogP contribution in [0.15, 0.2) is 67.1 Å². The second-order valence-corrected chi connectivity index (χ2v) is 14.5. The van der Waals surface area contributed by atoms with E-state index in [1.807, 2.05) is 18.5 Å². The van der Waals surface area contributed by atoms with Crippen molar-refractivity contribution in [1.29, 1.82) is 0 Å². The smallest absolute Gasteiger partial charge is 0.225 e. The van der Waals surface area contributed by atoms with Gasteiger partial charge in [-0.15, -0.1) is 0 Å². The van der Waals surface area contributed by atoms with Crippen LogP contribution >= 0.6 is 0 Å². The van der Waals surface area contributed by atoms with Crippen molar-refractivity contribution < 1.29 is 0 Å². The summed E-state index contributed by atoms with van der Waals surface area (Å²) >= 11 is 0. The fourth-order valence-corrected chi connectivity index (χ4v) is 6.99. The van der Waals surface area contributed by atoms with E-state index in [4.69, 9.17) is 0 Å². The number of hydrogen-bond donors (Lipinski definition) is 0. The molecule has 4 heteroatoms. The highest BCUT2D eigenvalue weighted by Gasteiger charge is 2.24. The maximum atomic E-state index is 4.50. The summed E-state index contributed by atoms with van der Waals surface area (Å²) in [6.07, 6.45) is 57.3. The molecule has 278 valence electrons. The maximum absolute atomic E-state index is 4.50. The zero-order valence-electron chi connectivity index (χ0n) is 32.4. The van der Waals surface area contributed by atoms with Gasteiger partial charge in [-0.25, -0.2) is 9.97 Å². The summed E-state index contributed by atoms with van der Waals surface area (Å²) in [5.41, 5.74) is 0. The molecule has 0 atom stereocenters. The second-order valence-electron chi connectivity index (χ2n) is 14.5. The zero-order valence-corrected chi connectivity index (χ0v) is 32.4. The Morgan fingerprint density at radius 1 is 0.490 bits per heavy atom. The van der Waals surface area contributed by atoms with Gasteiger partial charge in [-0.2, -0.15) is 0 Å². The van der Waals surface area contributed by atoms with E-state index in [1.165, 1.54) is 154 Å². The molecule has 0 aromatic carbocycles. The number of piperazine rings is 1. The molecular formula is C45H78N4.